The standard InChI is InChI=1S/C13H26N2O/c1-14-8-12-5-6-13(12)15(2)9-11-4-3-7-16-10-11/h11-14H,3-10H2,1-2H3. The summed E-state index contributed by atoms with van der Waals surface area (Å²) in [7, 11) is 4.35. The fourth-order valence-electron chi connectivity index (χ4n) is 3.13. The Morgan fingerprint density at radius 2 is 2.19 bits per heavy atom. The second-order valence-corrected chi connectivity index (χ2v) is 5.49. The summed E-state index contributed by atoms with van der Waals surface area (Å²) < 4.78 is 5.55. The lowest BCUT2D eigenvalue weighted by molar-refractivity contribution is 0.0148. The van der Waals surface area contributed by atoms with Crippen LogP contribution in [0.15, 0.2) is 0 Å². The van der Waals surface area contributed by atoms with Crippen molar-refractivity contribution in [3.8, 4) is 0 Å². The predicted octanol–water partition coefficient (Wildman–Crippen LogP) is 1.34. The van der Waals surface area contributed by atoms with Crippen LogP contribution >= 0.6 is 0 Å². The van der Waals surface area contributed by atoms with Crippen molar-refractivity contribution in [3.63, 3.8) is 0 Å². The van der Waals surface area contributed by atoms with Crippen LogP contribution in [0.1, 0.15) is 25.7 Å². The van der Waals surface area contributed by atoms with Crippen molar-refractivity contribution < 1.29 is 4.74 Å². The van der Waals surface area contributed by atoms with Crippen LogP contribution < -0.4 is 5.32 Å². The van der Waals surface area contributed by atoms with Crippen LogP contribution in [-0.2, 0) is 4.74 Å². The molecule has 2 rings (SSSR count). The molecule has 0 aromatic rings. The summed E-state index contributed by atoms with van der Waals surface area (Å²) in [5.74, 6) is 1.65. The monoisotopic (exact) mass is 226 g/mol. The van der Waals surface area contributed by atoms with E-state index in [1.165, 1.54) is 38.8 Å². The van der Waals surface area contributed by atoms with E-state index in [0.717, 1.165) is 31.1 Å². The van der Waals surface area contributed by atoms with Gasteiger partial charge >= 0.3 is 0 Å². The molecule has 0 amide bonds. The zero-order chi connectivity index (χ0) is 11.4. The first kappa shape index (κ1) is 12.3. The normalized spacial score (nSPS) is 35.1. The lowest BCUT2D eigenvalue weighted by Crippen LogP contribution is -2.50. The Morgan fingerprint density at radius 1 is 1.31 bits per heavy atom. The summed E-state index contributed by atoms with van der Waals surface area (Å²) in [6.45, 7) is 4.36. The van der Waals surface area contributed by atoms with Gasteiger partial charge in [0, 0.05) is 19.2 Å². The summed E-state index contributed by atoms with van der Waals surface area (Å²) in [5.41, 5.74) is 0. The topological polar surface area (TPSA) is 24.5 Å². The Bertz CT molecular complexity index is 204. The third-order valence-electron chi connectivity index (χ3n) is 4.21. The van der Waals surface area contributed by atoms with E-state index >= 15 is 0 Å². The quantitative estimate of drug-likeness (QED) is 0.766. The number of hydrogen-bond donors (Lipinski definition) is 1. The van der Waals surface area contributed by atoms with E-state index in [0.29, 0.717) is 0 Å². The molecule has 3 heteroatoms. The Balaban J connectivity index is 1.72. The maximum absolute atomic E-state index is 5.55. The summed E-state index contributed by atoms with van der Waals surface area (Å²) in [6, 6.07) is 0.814. The molecule has 1 saturated carbocycles. The highest BCUT2D eigenvalue weighted by Gasteiger charge is 2.34. The molecule has 2 fully saturated rings. The van der Waals surface area contributed by atoms with E-state index in [-0.39, 0.29) is 0 Å². The van der Waals surface area contributed by atoms with Gasteiger partial charge in [0.15, 0.2) is 0 Å². The molecule has 1 N–H and O–H groups in total. The van der Waals surface area contributed by atoms with Crippen LogP contribution in [0, 0.1) is 11.8 Å². The van der Waals surface area contributed by atoms with Crippen LogP contribution in [0.2, 0.25) is 0 Å². The van der Waals surface area contributed by atoms with Crippen molar-refractivity contribution >= 4 is 0 Å². The second-order valence-electron chi connectivity index (χ2n) is 5.49. The third-order valence-corrected chi connectivity index (χ3v) is 4.21. The SMILES string of the molecule is CNCC1CCC1N(C)CC1CCCOC1. The zero-order valence-corrected chi connectivity index (χ0v) is 10.7. The number of rotatable bonds is 5. The van der Waals surface area contributed by atoms with Gasteiger partial charge in [0.1, 0.15) is 0 Å². The lowest BCUT2D eigenvalue weighted by atomic mass is 9.78. The minimum absolute atomic E-state index is 0.773. The van der Waals surface area contributed by atoms with Crippen LogP contribution in [0.3, 0.4) is 0 Å². The molecule has 16 heavy (non-hydrogen) atoms. The molecule has 3 atom stereocenters. The van der Waals surface area contributed by atoms with Crippen LogP contribution in [0.25, 0.3) is 0 Å². The van der Waals surface area contributed by atoms with Crippen LogP contribution in [0.5, 0.6) is 0 Å². The van der Waals surface area contributed by atoms with Crippen molar-refractivity contribution in [1.29, 1.82) is 0 Å². The zero-order valence-electron chi connectivity index (χ0n) is 10.7. The van der Waals surface area contributed by atoms with Gasteiger partial charge in [0.2, 0.25) is 0 Å². The first-order valence-corrected chi connectivity index (χ1v) is 6.74. The molecule has 0 aromatic carbocycles. The van der Waals surface area contributed by atoms with Crippen molar-refractivity contribution in [2.45, 2.75) is 31.7 Å². The van der Waals surface area contributed by atoms with E-state index in [1.54, 1.807) is 0 Å². The predicted molar refractivity (Wildman–Crippen MR) is 66.6 cm³/mol. The number of nitrogens with zero attached hydrogens (tertiary/aromatic N) is 1. The van der Waals surface area contributed by atoms with Gasteiger partial charge in [-0.3, -0.25) is 0 Å². The highest BCUT2D eigenvalue weighted by molar-refractivity contribution is 4.89. The van der Waals surface area contributed by atoms with E-state index in [4.69, 9.17) is 4.74 Å². The number of ether oxygens (including phenoxy) is 1. The van der Waals surface area contributed by atoms with Gasteiger partial charge < -0.3 is 15.0 Å². The highest BCUT2D eigenvalue weighted by Crippen LogP contribution is 2.31. The average Bonchev–Trinajstić information content (AvgIpc) is 2.25. The average molecular weight is 226 g/mol. The molecule has 3 unspecified atom stereocenters. The van der Waals surface area contributed by atoms with E-state index in [1.807, 2.05) is 0 Å². The fraction of sp³-hybridized carbons (Fsp3) is 1.00. The van der Waals surface area contributed by atoms with Crippen LogP contribution in [-0.4, -0.2) is 51.3 Å². The van der Waals surface area contributed by atoms with Crippen molar-refractivity contribution in [2.24, 2.45) is 11.8 Å². The summed E-state index contributed by atoms with van der Waals surface area (Å²) in [5, 5.41) is 3.31. The smallest absolute Gasteiger partial charge is 0.0506 e. The lowest BCUT2D eigenvalue weighted by Gasteiger charge is -2.44. The third kappa shape index (κ3) is 2.96. The van der Waals surface area contributed by atoms with E-state index < -0.39 is 0 Å². The van der Waals surface area contributed by atoms with Gasteiger partial charge in [-0.25, -0.2) is 0 Å². The molecule has 0 aromatic heterocycles. The van der Waals surface area contributed by atoms with Gasteiger partial charge in [0.25, 0.3) is 0 Å². The van der Waals surface area contributed by atoms with E-state index in [2.05, 4.69) is 24.3 Å². The van der Waals surface area contributed by atoms with Crippen molar-refractivity contribution in [1.82, 2.24) is 10.2 Å². The fourth-order valence-corrected chi connectivity index (χ4v) is 3.13. The van der Waals surface area contributed by atoms with Crippen LogP contribution in [0.4, 0.5) is 0 Å². The minimum Gasteiger partial charge on any atom is -0.381 e. The highest BCUT2D eigenvalue weighted by atomic mass is 16.5. The Hall–Kier alpha value is -0.120. The first-order chi connectivity index (χ1) is 7.81. The molecule has 94 valence electrons. The molecular weight excluding hydrogens is 200 g/mol. The largest absolute Gasteiger partial charge is 0.381 e. The molecule has 1 aliphatic carbocycles. The summed E-state index contributed by atoms with van der Waals surface area (Å²) >= 11 is 0. The van der Waals surface area contributed by atoms with Gasteiger partial charge in [-0.15, -0.1) is 0 Å². The Morgan fingerprint density at radius 3 is 2.75 bits per heavy atom. The van der Waals surface area contributed by atoms with E-state index in [9.17, 15) is 0 Å². The van der Waals surface area contributed by atoms with Gasteiger partial charge in [-0.05, 0) is 58.2 Å². The number of hydrogen-bond acceptors (Lipinski definition) is 3. The maximum Gasteiger partial charge on any atom is 0.0506 e. The molecule has 3 nitrogen and oxygen atoms in total. The number of nitrogens with one attached hydrogen (secondary N) is 1. The van der Waals surface area contributed by atoms with Gasteiger partial charge in [-0.2, -0.15) is 0 Å². The molecule has 0 bridgehead atoms. The molecule has 0 spiro atoms. The molecule has 0 radical (unpaired) electrons. The van der Waals surface area contributed by atoms with Gasteiger partial charge in [0.05, 0.1) is 6.61 Å². The summed E-state index contributed by atoms with van der Waals surface area (Å²) in [4.78, 5) is 2.57. The van der Waals surface area contributed by atoms with Gasteiger partial charge in [-0.1, -0.05) is 0 Å². The Labute approximate surface area is 99.5 Å². The first-order valence-electron chi connectivity index (χ1n) is 6.74. The molecular formula is C13H26N2O. The Kier molecular flexibility index (Phi) is 4.62. The summed E-state index contributed by atoms with van der Waals surface area (Å²) in [6.07, 6.45) is 5.39. The van der Waals surface area contributed by atoms with Crippen molar-refractivity contribution in [2.75, 3.05) is 40.4 Å². The minimum atomic E-state index is 0.773. The maximum atomic E-state index is 5.55. The molecule has 1 aliphatic heterocycles. The molecule has 1 heterocycles. The van der Waals surface area contributed by atoms with Crippen molar-refractivity contribution in [3.05, 3.63) is 0 Å². The molecule has 1 saturated heterocycles. The second kappa shape index (κ2) is 5.99. The molecule has 2 aliphatic rings.